The second kappa shape index (κ2) is 43.7. The van der Waals surface area contributed by atoms with Crippen LogP contribution in [-0.4, -0.2) is 76.9 Å². The third kappa shape index (κ3) is 42.7. The fraction of sp³-hybridized carbons (Fsp3) is 0.520. The molecule has 0 aliphatic rings. The SMILES string of the molecule is CC/C=C\CC(O)/C=C/C=C/C/C=C\C/C=C\C/C=C\CCC(=O)OC[C@H](COP(=O)(O)OC[C@@H](O)CO)OC(=O)CC/C=C\C/C=C\C/C=C\C/C=C\C/C=C\CCCCC. The minimum atomic E-state index is -4.68. The van der Waals surface area contributed by atoms with Gasteiger partial charge in [0.1, 0.15) is 12.7 Å². The van der Waals surface area contributed by atoms with Gasteiger partial charge in [0.15, 0.2) is 6.10 Å². The number of phosphoric acid groups is 1. The third-order valence-electron chi connectivity index (χ3n) is 8.40. The quantitative estimate of drug-likeness (QED) is 0.0152. The van der Waals surface area contributed by atoms with Crippen LogP contribution in [0.1, 0.15) is 123 Å². The second-order valence-corrected chi connectivity index (χ2v) is 15.6. The number of aliphatic hydroxyl groups is 3. The van der Waals surface area contributed by atoms with Gasteiger partial charge in [-0.05, 0) is 83.5 Å². The summed E-state index contributed by atoms with van der Waals surface area (Å²) in [6.45, 7) is 1.93. The highest BCUT2D eigenvalue weighted by atomic mass is 31.2. The van der Waals surface area contributed by atoms with Crippen LogP contribution in [0.25, 0.3) is 0 Å². The van der Waals surface area contributed by atoms with Crippen molar-refractivity contribution in [3.8, 4) is 0 Å². The van der Waals surface area contributed by atoms with E-state index in [0.717, 1.165) is 44.9 Å². The van der Waals surface area contributed by atoms with E-state index in [0.29, 0.717) is 32.1 Å². The van der Waals surface area contributed by atoms with E-state index in [1.54, 1.807) is 6.08 Å². The number of esters is 2. The first-order chi connectivity index (χ1) is 30.1. The molecule has 0 saturated heterocycles. The Bertz CT molecular complexity index is 1500. The average molecular weight is 885 g/mol. The molecule has 12 heteroatoms. The summed E-state index contributed by atoms with van der Waals surface area (Å²) in [6, 6.07) is 0. The van der Waals surface area contributed by atoms with Gasteiger partial charge in [-0.3, -0.25) is 18.6 Å². The molecule has 0 heterocycles. The molecular weight excluding hydrogens is 808 g/mol. The minimum Gasteiger partial charge on any atom is -0.462 e. The lowest BCUT2D eigenvalue weighted by Gasteiger charge is -2.20. The number of rotatable bonds is 39. The van der Waals surface area contributed by atoms with Gasteiger partial charge in [0.05, 0.1) is 25.9 Å². The zero-order valence-corrected chi connectivity index (χ0v) is 38.3. The first-order valence-corrected chi connectivity index (χ1v) is 23.7. The van der Waals surface area contributed by atoms with Crippen LogP contribution >= 0.6 is 7.82 Å². The maximum atomic E-state index is 12.6. The van der Waals surface area contributed by atoms with Crippen LogP contribution in [0.4, 0.5) is 0 Å². The highest BCUT2D eigenvalue weighted by Crippen LogP contribution is 2.43. The molecule has 4 N–H and O–H groups in total. The number of allylic oxidation sites excluding steroid dienone is 20. The monoisotopic (exact) mass is 885 g/mol. The van der Waals surface area contributed by atoms with Crippen molar-refractivity contribution in [2.45, 2.75) is 141 Å². The topological polar surface area (TPSA) is 169 Å². The molecule has 348 valence electrons. The van der Waals surface area contributed by atoms with E-state index in [-0.39, 0.29) is 12.8 Å². The van der Waals surface area contributed by atoms with Crippen molar-refractivity contribution in [3.05, 3.63) is 134 Å². The largest absolute Gasteiger partial charge is 0.472 e. The van der Waals surface area contributed by atoms with Crippen LogP contribution in [0.15, 0.2) is 134 Å². The Kier molecular flexibility index (Phi) is 40.9. The average Bonchev–Trinajstić information content (AvgIpc) is 3.26. The molecular formula is C50H77O11P. The predicted molar refractivity (Wildman–Crippen MR) is 252 cm³/mol. The van der Waals surface area contributed by atoms with Crippen LogP contribution < -0.4 is 0 Å². The summed E-state index contributed by atoms with van der Waals surface area (Å²) in [5, 5.41) is 28.2. The Hall–Kier alpha value is -3.93. The molecule has 0 rings (SSSR count). The van der Waals surface area contributed by atoms with Crippen molar-refractivity contribution in [2.24, 2.45) is 0 Å². The molecule has 0 aromatic carbocycles. The van der Waals surface area contributed by atoms with Crippen LogP contribution in [0, 0.1) is 0 Å². The molecule has 0 fully saturated rings. The summed E-state index contributed by atoms with van der Waals surface area (Å²) >= 11 is 0. The van der Waals surface area contributed by atoms with Crippen molar-refractivity contribution >= 4 is 19.8 Å². The molecule has 0 aliphatic carbocycles. The summed E-state index contributed by atoms with van der Waals surface area (Å²) in [4.78, 5) is 35.0. The van der Waals surface area contributed by atoms with E-state index < -0.39 is 64.5 Å². The van der Waals surface area contributed by atoms with Crippen molar-refractivity contribution in [1.29, 1.82) is 0 Å². The van der Waals surface area contributed by atoms with Gasteiger partial charge in [-0.15, -0.1) is 0 Å². The van der Waals surface area contributed by atoms with E-state index in [4.69, 9.17) is 19.1 Å². The smallest absolute Gasteiger partial charge is 0.462 e. The number of carbonyl (C=O) groups excluding carboxylic acids is 2. The molecule has 0 bridgehead atoms. The Labute approximate surface area is 373 Å². The lowest BCUT2D eigenvalue weighted by atomic mass is 10.2. The predicted octanol–water partition coefficient (Wildman–Crippen LogP) is 11.1. The number of phosphoric ester groups is 1. The van der Waals surface area contributed by atoms with Gasteiger partial charge in [-0.2, -0.15) is 0 Å². The van der Waals surface area contributed by atoms with Crippen LogP contribution in [0.3, 0.4) is 0 Å². The molecule has 0 spiro atoms. The molecule has 0 amide bonds. The van der Waals surface area contributed by atoms with Crippen molar-refractivity contribution in [1.82, 2.24) is 0 Å². The summed E-state index contributed by atoms with van der Waals surface area (Å²) in [7, 11) is -4.68. The van der Waals surface area contributed by atoms with E-state index in [9.17, 15) is 29.3 Å². The van der Waals surface area contributed by atoms with Gasteiger partial charge in [-0.25, -0.2) is 4.57 Å². The third-order valence-corrected chi connectivity index (χ3v) is 9.35. The van der Waals surface area contributed by atoms with E-state index in [2.05, 4.69) is 79.1 Å². The van der Waals surface area contributed by atoms with Crippen LogP contribution in [0.5, 0.6) is 0 Å². The number of unbranched alkanes of at least 4 members (excludes halogenated alkanes) is 3. The van der Waals surface area contributed by atoms with E-state index in [1.807, 2.05) is 66.8 Å². The van der Waals surface area contributed by atoms with Crippen molar-refractivity contribution < 1.29 is 52.9 Å². The highest BCUT2D eigenvalue weighted by Gasteiger charge is 2.27. The van der Waals surface area contributed by atoms with Crippen LogP contribution in [0.2, 0.25) is 0 Å². The Morgan fingerprint density at radius 2 is 1.05 bits per heavy atom. The number of hydrogen-bond acceptors (Lipinski definition) is 10. The molecule has 4 atom stereocenters. The van der Waals surface area contributed by atoms with Crippen molar-refractivity contribution in [3.63, 3.8) is 0 Å². The highest BCUT2D eigenvalue weighted by molar-refractivity contribution is 7.47. The Balaban J connectivity index is 4.59. The maximum absolute atomic E-state index is 12.6. The zero-order valence-electron chi connectivity index (χ0n) is 37.4. The van der Waals surface area contributed by atoms with E-state index >= 15 is 0 Å². The number of ether oxygens (including phenoxy) is 2. The molecule has 0 aromatic heterocycles. The molecule has 2 unspecified atom stereocenters. The number of carbonyl (C=O) groups is 2. The number of aliphatic hydroxyl groups excluding tert-OH is 3. The number of hydrogen-bond donors (Lipinski definition) is 4. The Morgan fingerprint density at radius 3 is 1.56 bits per heavy atom. The van der Waals surface area contributed by atoms with E-state index in [1.165, 1.54) is 19.3 Å². The lowest BCUT2D eigenvalue weighted by molar-refractivity contribution is -0.161. The van der Waals surface area contributed by atoms with Gasteiger partial charge in [-0.1, -0.05) is 160 Å². The van der Waals surface area contributed by atoms with Gasteiger partial charge in [0.2, 0.25) is 0 Å². The zero-order chi connectivity index (χ0) is 45.6. The summed E-state index contributed by atoms with van der Waals surface area (Å²) < 4.78 is 32.5. The van der Waals surface area contributed by atoms with Gasteiger partial charge >= 0.3 is 19.8 Å². The standard InChI is InChI=1S/C50H77O11P/c1-3-5-7-8-9-10-11-12-13-14-15-16-17-20-24-27-30-33-37-41-50(55)61-48(45-60-62(56,57)59-43-47(53)42-51)44-58-49(54)40-36-32-29-26-23-21-18-19-22-25-28-31-35-39-46(52)38-34-6-4-2/h6,9-10,12-13,15-16,19-24,28-35,39,46-48,51-53H,3-5,7-8,11,14,17-18,25-27,36-38,40-45H2,1-2H3,(H,56,57)/b10-9-,13-12-,16-15-,22-19-,23-21-,24-20-,31-28+,32-29-,33-30-,34-6-,39-35+/t46?,47-,48+/m0/s1. The fourth-order valence-corrected chi connectivity index (χ4v) is 5.76. The van der Waals surface area contributed by atoms with Crippen molar-refractivity contribution in [2.75, 3.05) is 26.4 Å². The van der Waals surface area contributed by atoms with Crippen LogP contribution in [-0.2, 0) is 32.7 Å². The summed E-state index contributed by atoms with van der Waals surface area (Å²) in [5.41, 5.74) is 0. The molecule has 0 radical (unpaired) electrons. The normalized spacial score (nSPS) is 15.5. The molecule has 0 saturated carbocycles. The molecule has 11 nitrogen and oxygen atoms in total. The van der Waals surface area contributed by atoms with Gasteiger partial charge < -0.3 is 29.7 Å². The Morgan fingerprint density at radius 1 is 0.565 bits per heavy atom. The molecule has 0 aliphatic heterocycles. The second-order valence-electron chi connectivity index (χ2n) is 14.2. The molecule has 62 heavy (non-hydrogen) atoms. The van der Waals surface area contributed by atoms with Gasteiger partial charge in [0, 0.05) is 12.8 Å². The minimum absolute atomic E-state index is 0.0283. The maximum Gasteiger partial charge on any atom is 0.472 e. The molecule has 0 aromatic rings. The lowest BCUT2D eigenvalue weighted by Crippen LogP contribution is -2.29. The first-order valence-electron chi connectivity index (χ1n) is 22.3. The summed E-state index contributed by atoms with van der Waals surface area (Å²) in [6.07, 6.45) is 54.9. The fourth-order valence-electron chi connectivity index (χ4n) is 4.97. The van der Waals surface area contributed by atoms with Gasteiger partial charge in [0.25, 0.3) is 0 Å². The first kappa shape index (κ1) is 58.1. The summed E-state index contributed by atoms with van der Waals surface area (Å²) in [5.74, 6) is -1.16.